The second-order valence-electron chi connectivity index (χ2n) is 4.55. The molecule has 0 radical (unpaired) electrons. The van der Waals surface area contributed by atoms with Crippen LogP contribution in [0.5, 0.6) is 11.5 Å². The van der Waals surface area contributed by atoms with Crippen molar-refractivity contribution in [3.05, 3.63) is 58.9 Å². The average Bonchev–Trinajstić information content (AvgIpc) is 2.45. The van der Waals surface area contributed by atoms with E-state index in [1.54, 1.807) is 12.1 Å². The highest BCUT2D eigenvalue weighted by atomic mass is 19.1. The van der Waals surface area contributed by atoms with Crippen molar-refractivity contribution in [3.8, 4) is 11.5 Å². The summed E-state index contributed by atoms with van der Waals surface area (Å²) in [5.41, 5.74) is 1.30. The van der Waals surface area contributed by atoms with Crippen LogP contribution in [0.3, 0.4) is 0 Å². The SMILES string of the molecule is COc1cc(C)ccc1OCc1cc(F)ccc1C(=O)O. The van der Waals surface area contributed by atoms with Crippen LogP contribution in [0.15, 0.2) is 36.4 Å². The van der Waals surface area contributed by atoms with Gasteiger partial charge in [0.25, 0.3) is 0 Å². The van der Waals surface area contributed by atoms with Crippen LogP contribution in [-0.4, -0.2) is 18.2 Å². The second kappa shape index (κ2) is 6.26. The third kappa shape index (κ3) is 3.51. The number of benzene rings is 2. The molecule has 5 heteroatoms. The summed E-state index contributed by atoms with van der Waals surface area (Å²) in [6.45, 7) is 1.86. The molecule has 1 N–H and O–H groups in total. The van der Waals surface area contributed by atoms with Gasteiger partial charge >= 0.3 is 5.97 Å². The Morgan fingerprint density at radius 3 is 2.62 bits per heavy atom. The van der Waals surface area contributed by atoms with Gasteiger partial charge < -0.3 is 14.6 Å². The van der Waals surface area contributed by atoms with E-state index < -0.39 is 11.8 Å². The highest BCUT2D eigenvalue weighted by Crippen LogP contribution is 2.28. The van der Waals surface area contributed by atoms with Gasteiger partial charge in [-0.25, -0.2) is 9.18 Å². The van der Waals surface area contributed by atoms with Crippen molar-refractivity contribution < 1.29 is 23.8 Å². The van der Waals surface area contributed by atoms with Gasteiger partial charge in [-0.05, 0) is 42.8 Å². The van der Waals surface area contributed by atoms with Crippen molar-refractivity contribution in [3.63, 3.8) is 0 Å². The normalized spacial score (nSPS) is 10.2. The largest absolute Gasteiger partial charge is 0.493 e. The van der Waals surface area contributed by atoms with Crippen LogP contribution in [0.4, 0.5) is 4.39 Å². The number of ether oxygens (including phenoxy) is 2. The van der Waals surface area contributed by atoms with Crippen LogP contribution in [0.2, 0.25) is 0 Å². The molecule has 110 valence electrons. The number of halogens is 1. The Morgan fingerprint density at radius 2 is 1.95 bits per heavy atom. The van der Waals surface area contributed by atoms with E-state index in [1.807, 2.05) is 13.0 Å². The van der Waals surface area contributed by atoms with Gasteiger partial charge in [0.2, 0.25) is 0 Å². The minimum Gasteiger partial charge on any atom is -0.493 e. The smallest absolute Gasteiger partial charge is 0.336 e. The molecule has 2 aromatic carbocycles. The number of methoxy groups -OCH3 is 1. The van der Waals surface area contributed by atoms with Gasteiger partial charge in [0.15, 0.2) is 11.5 Å². The van der Waals surface area contributed by atoms with E-state index in [-0.39, 0.29) is 17.7 Å². The van der Waals surface area contributed by atoms with E-state index in [9.17, 15) is 9.18 Å². The Bertz CT molecular complexity index is 667. The van der Waals surface area contributed by atoms with E-state index in [0.717, 1.165) is 17.7 Å². The Labute approximate surface area is 121 Å². The molecule has 0 unspecified atom stereocenters. The Hall–Kier alpha value is -2.56. The maximum atomic E-state index is 13.3. The van der Waals surface area contributed by atoms with Crippen molar-refractivity contribution >= 4 is 5.97 Å². The summed E-state index contributed by atoms with van der Waals surface area (Å²) >= 11 is 0. The van der Waals surface area contributed by atoms with Gasteiger partial charge in [0.05, 0.1) is 12.7 Å². The zero-order valence-electron chi connectivity index (χ0n) is 11.7. The number of carboxylic acid groups (broad SMARTS) is 1. The van der Waals surface area contributed by atoms with E-state index >= 15 is 0 Å². The number of carbonyl (C=O) groups is 1. The van der Waals surface area contributed by atoms with E-state index in [0.29, 0.717) is 11.5 Å². The molecule has 0 spiro atoms. The minimum atomic E-state index is -1.12. The maximum absolute atomic E-state index is 13.3. The number of aromatic carboxylic acids is 1. The van der Waals surface area contributed by atoms with Gasteiger partial charge in [0, 0.05) is 5.56 Å². The van der Waals surface area contributed by atoms with Crippen LogP contribution in [0.25, 0.3) is 0 Å². The highest BCUT2D eigenvalue weighted by molar-refractivity contribution is 5.89. The highest BCUT2D eigenvalue weighted by Gasteiger charge is 2.12. The third-order valence-electron chi connectivity index (χ3n) is 3.00. The molecule has 0 saturated carbocycles. The summed E-state index contributed by atoms with van der Waals surface area (Å²) in [4.78, 5) is 11.1. The summed E-state index contributed by atoms with van der Waals surface area (Å²) in [5.74, 6) is -0.606. The first kappa shape index (κ1) is 14.8. The molecule has 21 heavy (non-hydrogen) atoms. The molecule has 2 rings (SSSR count). The Morgan fingerprint density at radius 1 is 1.19 bits per heavy atom. The zero-order valence-corrected chi connectivity index (χ0v) is 11.7. The van der Waals surface area contributed by atoms with Crippen LogP contribution in [-0.2, 0) is 6.61 Å². The van der Waals surface area contributed by atoms with E-state index in [4.69, 9.17) is 14.6 Å². The first-order valence-corrected chi connectivity index (χ1v) is 6.30. The molecule has 0 aliphatic carbocycles. The summed E-state index contributed by atoms with van der Waals surface area (Å²) in [6.07, 6.45) is 0. The summed E-state index contributed by atoms with van der Waals surface area (Å²) in [7, 11) is 1.52. The van der Waals surface area contributed by atoms with Crippen LogP contribution >= 0.6 is 0 Å². The quantitative estimate of drug-likeness (QED) is 0.916. The van der Waals surface area contributed by atoms with Crippen LogP contribution < -0.4 is 9.47 Å². The van der Waals surface area contributed by atoms with E-state index in [2.05, 4.69) is 0 Å². The summed E-state index contributed by atoms with van der Waals surface area (Å²) in [6, 6.07) is 8.88. The maximum Gasteiger partial charge on any atom is 0.336 e. The molecule has 0 aliphatic rings. The van der Waals surface area contributed by atoms with Crippen molar-refractivity contribution in [2.75, 3.05) is 7.11 Å². The fraction of sp³-hybridized carbons (Fsp3) is 0.188. The lowest BCUT2D eigenvalue weighted by molar-refractivity contribution is 0.0694. The zero-order chi connectivity index (χ0) is 15.4. The predicted octanol–water partition coefficient (Wildman–Crippen LogP) is 3.42. The van der Waals surface area contributed by atoms with Crippen LogP contribution in [0, 0.1) is 12.7 Å². The molecule has 0 fully saturated rings. The molecule has 0 saturated heterocycles. The minimum absolute atomic E-state index is 0.0162. The number of rotatable bonds is 5. The fourth-order valence-corrected chi connectivity index (χ4v) is 1.94. The topological polar surface area (TPSA) is 55.8 Å². The molecule has 0 atom stereocenters. The van der Waals surface area contributed by atoms with Crippen molar-refractivity contribution in [1.29, 1.82) is 0 Å². The molecule has 0 heterocycles. The molecule has 0 amide bonds. The summed E-state index contributed by atoms with van der Waals surface area (Å²) < 4.78 is 24.0. The lowest BCUT2D eigenvalue weighted by Gasteiger charge is -2.12. The van der Waals surface area contributed by atoms with Gasteiger partial charge in [0.1, 0.15) is 12.4 Å². The van der Waals surface area contributed by atoms with Gasteiger partial charge in [-0.2, -0.15) is 0 Å². The number of hydrogen-bond acceptors (Lipinski definition) is 3. The Balaban J connectivity index is 2.24. The lowest BCUT2D eigenvalue weighted by atomic mass is 10.1. The van der Waals surface area contributed by atoms with Crippen molar-refractivity contribution in [1.82, 2.24) is 0 Å². The standard InChI is InChI=1S/C16H15FO4/c1-10-3-6-14(15(7-10)20-2)21-9-11-8-12(17)4-5-13(11)16(18)19/h3-8H,9H2,1-2H3,(H,18,19). The number of carboxylic acids is 1. The molecular formula is C16H15FO4. The number of hydrogen-bond donors (Lipinski definition) is 1. The van der Waals surface area contributed by atoms with Crippen molar-refractivity contribution in [2.45, 2.75) is 13.5 Å². The Kier molecular flexibility index (Phi) is 4.42. The molecule has 2 aromatic rings. The first-order chi connectivity index (χ1) is 10.0. The third-order valence-corrected chi connectivity index (χ3v) is 3.00. The molecule has 4 nitrogen and oxygen atoms in total. The first-order valence-electron chi connectivity index (χ1n) is 6.30. The molecule has 0 aromatic heterocycles. The molecular weight excluding hydrogens is 275 g/mol. The number of aryl methyl sites for hydroxylation is 1. The van der Waals surface area contributed by atoms with Gasteiger partial charge in [-0.1, -0.05) is 6.07 Å². The van der Waals surface area contributed by atoms with Crippen LogP contribution in [0.1, 0.15) is 21.5 Å². The average molecular weight is 290 g/mol. The van der Waals surface area contributed by atoms with Gasteiger partial charge in [-0.15, -0.1) is 0 Å². The monoisotopic (exact) mass is 290 g/mol. The fourth-order valence-electron chi connectivity index (χ4n) is 1.94. The van der Waals surface area contributed by atoms with Crippen molar-refractivity contribution in [2.24, 2.45) is 0 Å². The molecule has 0 aliphatic heterocycles. The molecule has 0 bridgehead atoms. The predicted molar refractivity (Wildman–Crippen MR) is 75.4 cm³/mol. The summed E-state index contributed by atoms with van der Waals surface area (Å²) in [5, 5.41) is 9.09. The van der Waals surface area contributed by atoms with Gasteiger partial charge in [-0.3, -0.25) is 0 Å². The van der Waals surface area contributed by atoms with E-state index in [1.165, 1.54) is 13.2 Å². The second-order valence-corrected chi connectivity index (χ2v) is 4.55. The lowest BCUT2D eigenvalue weighted by Crippen LogP contribution is -2.06.